The molecule has 52 valence electrons. The van der Waals surface area contributed by atoms with Gasteiger partial charge in [-0.1, -0.05) is 12.1 Å². The summed E-state index contributed by atoms with van der Waals surface area (Å²) in [5.41, 5.74) is 2.13. The first-order chi connectivity index (χ1) is 5.45. The van der Waals surface area contributed by atoms with Crippen molar-refractivity contribution in [3.8, 4) is 0 Å². The third-order valence-corrected chi connectivity index (χ3v) is 1.90. The fraction of sp³-hybridized carbons (Fsp3) is 0. The molecule has 3 heteroatoms. The van der Waals surface area contributed by atoms with Crippen molar-refractivity contribution in [2.45, 2.75) is 0 Å². The molecule has 3 rings (SSSR count). The predicted molar refractivity (Wildman–Crippen MR) is 41.7 cm³/mol. The third-order valence-electron chi connectivity index (χ3n) is 1.90. The summed E-state index contributed by atoms with van der Waals surface area (Å²) in [6, 6.07) is 6.02. The Kier molecular flexibility index (Phi) is 0.692. The summed E-state index contributed by atoms with van der Waals surface area (Å²) in [5, 5.41) is 5.29. The van der Waals surface area contributed by atoms with E-state index in [1.807, 2.05) is 24.4 Å². The van der Waals surface area contributed by atoms with Crippen molar-refractivity contribution in [1.29, 1.82) is 0 Å². The lowest BCUT2D eigenvalue weighted by Crippen LogP contribution is -1.75. The second-order valence-electron chi connectivity index (χ2n) is 2.55. The van der Waals surface area contributed by atoms with Gasteiger partial charge in [0.15, 0.2) is 0 Å². The van der Waals surface area contributed by atoms with Crippen LogP contribution in [0.5, 0.6) is 0 Å². The number of hydrogen-bond donors (Lipinski definition) is 0. The summed E-state index contributed by atoms with van der Waals surface area (Å²) in [6.45, 7) is 0. The van der Waals surface area contributed by atoms with E-state index in [1.54, 1.807) is 10.8 Å². The van der Waals surface area contributed by atoms with Crippen molar-refractivity contribution in [2.75, 3.05) is 0 Å². The Morgan fingerprint density at radius 1 is 1.27 bits per heavy atom. The molecule has 0 unspecified atom stereocenters. The first-order valence-electron chi connectivity index (χ1n) is 3.45. The molecule has 0 atom stereocenters. The standard InChI is InChI=1S/C8H5N3/c1-2-6-4-10-11-5-9-7(3-1)8(6)11/h1-5H. The fourth-order valence-corrected chi connectivity index (χ4v) is 1.39. The molecule has 2 aromatic heterocycles. The molecular weight excluding hydrogens is 138 g/mol. The summed E-state index contributed by atoms with van der Waals surface area (Å²) < 4.78 is 1.80. The molecule has 0 spiro atoms. The minimum absolute atomic E-state index is 1.01. The SMILES string of the molecule is c1cc2cnn3cnc(c1)c23. The fourth-order valence-electron chi connectivity index (χ4n) is 1.39. The van der Waals surface area contributed by atoms with E-state index in [2.05, 4.69) is 10.1 Å². The smallest absolute Gasteiger partial charge is 0.118 e. The van der Waals surface area contributed by atoms with Gasteiger partial charge in [-0.25, -0.2) is 9.50 Å². The predicted octanol–water partition coefficient (Wildman–Crippen LogP) is 1.32. The molecule has 0 aliphatic heterocycles. The molecule has 0 amide bonds. The molecule has 11 heavy (non-hydrogen) atoms. The zero-order valence-corrected chi connectivity index (χ0v) is 5.73. The van der Waals surface area contributed by atoms with Crippen LogP contribution < -0.4 is 0 Å². The summed E-state index contributed by atoms with van der Waals surface area (Å²) in [5.74, 6) is 0. The van der Waals surface area contributed by atoms with Crippen LogP contribution in [0.4, 0.5) is 0 Å². The van der Waals surface area contributed by atoms with Gasteiger partial charge in [0.25, 0.3) is 0 Å². The topological polar surface area (TPSA) is 30.2 Å². The maximum absolute atomic E-state index is 4.18. The summed E-state index contributed by atoms with van der Waals surface area (Å²) in [7, 11) is 0. The lowest BCUT2D eigenvalue weighted by atomic mass is 10.2. The van der Waals surface area contributed by atoms with E-state index in [4.69, 9.17) is 0 Å². The van der Waals surface area contributed by atoms with E-state index in [9.17, 15) is 0 Å². The Morgan fingerprint density at radius 3 is 3.27 bits per heavy atom. The van der Waals surface area contributed by atoms with Crippen molar-refractivity contribution >= 4 is 16.4 Å². The lowest BCUT2D eigenvalue weighted by Gasteiger charge is -1.84. The minimum Gasteiger partial charge on any atom is -0.235 e. The van der Waals surface area contributed by atoms with E-state index < -0.39 is 0 Å². The quantitative estimate of drug-likeness (QED) is 0.475. The van der Waals surface area contributed by atoms with Gasteiger partial charge in [-0.05, 0) is 6.07 Å². The van der Waals surface area contributed by atoms with Crippen molar-refractivity contribution in [2.24, 2.45) is 0 Å². The molecule has 0 saturated heterocycles. The van der Waals surface area contributed by atoms with Crippen LogP contribution in [-0.4, -0.2) is 14.6 Å². The molecule has 0 fully saturated rings. The van der Waals surface area contributed by atoms with Crippen molar-refractivity contribution in [3.63, 3.8) is 0 Å². The largest absolute Gasteiger partial charge is 0.235 e. The van der Waals surface area contributed by atoms with Crippen LogP contribution in [-0.2, 0) is 0 Å². The van der Waals surface area contributed by atoms with Gasteiger partial charge in [-0.2, -0.15) is 5.10 Å². The van der Waals surface area contributed by atoms with Crippen molar-refractivity contribution in [3.05, 3.63) is 30.7 Å². The summed E-state index contributed by atoms with van der Waals surface area (Å²) in [6.07, 6.45) is 3.58. The van der Waals surface area contributed by atoms with Crippen LogP contribution >= 0.6 is 0 Å². The molecule has 3 aromatic rings. The molecule has 0 N–H and O–H groups in total. The van der Waals surface area contributed by atoms with E-state index in [1.165, 1.54) is 0 Å². The highest BCUT2D eigenvalue weighted by molar-refractivity contribution is 5.93. The molecule has 2 heterocycles. The Bertz CT molecular complexity index is 446. The van der Waals surface area contributed by atoms with Crippen LogP contribution in [0.1, 0.15) is 0 Å². The summed E-state index contributed by atoms with van der Waals surface area (Å²) >= 11 is 0. The van der Waals surface area contributed by atoms with Crippen LogP contribution in [0.2, 0.25) is 0 Å². The van der Waals surface area contributed by atoms with Gasteiger partial charge in [0.1, 0.15) is 11.8 Å². The molecule has 0 saturated carbocycles. The first kappa shape index (κ1) is 5.07. The molecular formula is C8H5N3. The maximum Gasteiger partial charge on any atom is 0.118 e. The Labute approximate surface area is 62.6 Å². The molecule has 1 aromatic carbocycles. The first-order valence-corrected chi connectivity index (χ1v) is 3.45. The number of imidazole rings is 1. The summed E-state index contributed by atoms with van der Waals surface area (Å²) in [4.78, 5) is 4.18. The second kappa shape index (κ2) is 1.50. The Morgan fingerprint density at radius 2 is 2.27 bits per heavy atom. The van der Waals surface area contributed by atoms with E-state index >= 15 is 0 Å². The molecule has 0 aliphatic rings. The van der Waals surface area contributed by atoms with Crippen LogP contribution in [0.25, 0.3) is 16.4 Å². The van der Waals surface area contributed by atoms with Gasteiger partial charge in [0.05, 0.1) is 11.7 Å². The normalized spacial score (nSPS) is 11.6. The zero-order valence-electron chi connectivity index (χ0n) is 5.73. The van der Waals surface area contributed by atoms with Crippen molar-refractivity contribution in [1.82, 2.24) is 14.6 Å². The highest BCUT2D eigenvalue weighted by Crippen LogP contribution is 2.18. The average molecular weight is 143 g/mol. The molecule has 3 nitrogen and oxygen atoms in total. The van der Waals surface area contributed by atoms with Crippen LogP contribution in [0, 0.1) is 0 Å². The number of para-hydroxylation sites is 1. The van der Waals surface area contributed by atoms with E-state index in [0.717, 1.165) is 16.4 Å². The Hall–Kier alpha value is -1.64. The average Bonchev–Trinajstić information content (AvgIpc) is 2.60. The zero-order chi connectivity index (χ0) is 7.26. The number of rotatable bonds is 0. The highest BCUT2D eigenvalue weighted by Gasteiger charge is 2.03. The minimum atomic E-state index is 1.01. The van der Waals surface area contributed by atoms with E-state index in [-0.39, 0.29) is 0 Å². The molecule has 0 radical (unpaired) electrons. The maximum atomic E-state index is 4.18. The van der Waals surface area contributed by atoms with E-state index in [0.29, 0.717) is 0 Å². The van der Waals surface area contributed by atoms with Crippen molar-refractivity contribution < 1.29 is 0 Å². The second-order valence-corrected chi connectivity index (χ2v) is 2.55. The highest BCUT2D eigenvalue weighted by atomic mass is 15.2. The van der Waals surface area contributed by atoms with Gasteiger partial charge < -0.3 is 0 Å². The van der Waals surface area contributed by atoms with Crippen LogP contribution in [0.3, 0.4) is 0 Å². The third kappa shape index (κ3) is 0.487. The number of hydrogen-bond acceptors (Lipinski definition) is 2. The van der Waals surface area contributed by atoms with Crippen LogP contribution in [0.15, 0.2) is 30.7 Å². The molecule has 0 bridgehead atoms. The van der Waals surface area contributed by atoms with Gasteiger partial charge in [-0.3, -0.25) is 0 Å². The number of benzene rings is 1. The monoisotopic (exact) mass is 143 g/mol. The van der Waals surface area contributed by atoms with Gasteiger partial charge in [0.2, 0.25) is 0 Å². The van der Waals surface area contributed by atoms with Gasteiger partial charge in [0, 0.05) is 5.39 Å². The Balaban J connectivity index is 2.83. The van der Waals surface area contributed by atoms with Gasteiger partial charge in [-0.15, -0.1) is 0 Å². The lowest BCUT2D eigenvalue weighted by molar-refractivity contribution is 0.957. The number of nitrogens with zero attached hydrogens (tertiary/aromatic N) is 3. The van der Waals surface area contributed by atoms with Gasteiger partial charge >= 0.3 is 0 Å². The molecule has 0 aliphatic carbocycles. The number of aromatic nitrogens is 3.